The van der Waals surface area contributed by atoms with Crippen LogP contribution in [0.1, 0.15) is 11.1 Å². The number of halogens is 4. The smallest absolute Gasteiger partial charge is 0.348 e. The van der Waals surface area contributed by atoms with E-state index >= 15 is 0 Å². The molecule has 2 aromatic carbocycles. The highest BCUT2D eigenvalue weighted by Gasteiger charge is 2.35. The van der Waals surface area contributed by atoms with Gasteiger partial charge in [-0.25, -0.2) is 18.0 Å². The number of carbonyl (C=O) groups excluding carboxylic acids is 1. The molecule has 130 valence electrons. The molecule has 0 saturated carbocycles. The highest BCUT2D eigenvalue weighted by Crippen LogP contribution is 2.48. The van der Waals surface area contributed by atoms with E-state index in [1.807, 2.05) is 0 Å². The SMILES string of the molecule is COC(=O)C1=C(c2cccc(C)c2)Oc2c(F)c(F)c(F)c(F)c2S1. The van der Waals surface area contributed by atoms with Crippen molar-refractivity contribution in [2.24, 2.45) is 0 Å². The van der Waals surface area contributed by atoms with Crippen LogP contribution in [0.25, 0.3) is 5.76 Å². The molecule has 0 unspecified atom stereocenters. The van der Waals surface area contributed by atoms with Gasteiger partial charge in [0, 0.05) is 5.56 Å². The number of ether oxygens (including phenoxy) is 2. The Kier molecular flexibility index (Phi) is 4.47. The van der Waals surface area contributed by atoms with Crippen LogP contribution in [0.4, 0.5) is 17.6 Å². The molecule has 3 rings (SSSR count). The van der Waals surface area contributed by atoms with Crippen LogP contribution in [-0.4, -0.2) is 13.1 Å². The van der Waals surface area contributed by atoms with E-state index in [0.29, 0.717) is 17.3 Å². The Hall–Kier alpha value is -2.48. The van der Waals surface area contributed by atoms with Crippen LogP contribution in [0, 0.1) is 30.2 Å². The number of benzene rings is 2. The van der Waals surface area contributed by atoms with Crippen LogP contribution in [0.5, 0.6) is 5.75 Å². The molecule has 0 aliphatic carbocycles. The Bertz CT molecular complexity index is 925. The third-order valence-corrected chi connectivity index (χ3v) is 4.57. The Labute approximate surface area is 144 Å². The number of methoxy groups -OCH3 is 1. The van der Waals surface area contributed by atoms with Gasteiger partial charge in [0.25, 0.3) is 0 Å². The molecule has 0 radical (unpaired) electrons. The molecule has 25 heavy (non-hydrogen) atoms. The number of hydrogen-bond donors (Lipinski definition) is 0. The summed E-state index contributed by atoms with van der Waals surface area (Å²) in [5.74, 6) is -9.09. The Morgan fingerprint density at radius 2 is 1.76 bits per heavy atom. The molecule has 0 fully saturated rings. The Balaban J connectivity index is 2.24. The fraction of sp³-hybridized carbons (Fsp3) is 0.118. The molecule has 3 nitrogen and oxygen atoms in total. The summed E-state index contributed by atoms with van der Waals surface area (Å²) in [7, 11) is 1.10. The molecule has 1 aliphatic heterocycles. The number of carbonyl (C=O) groups is 1. The van der Waals surface area contributed by atoms with Gasteiger partial charge in [-0.15, -0.1) is 0 Å². The fourth-order valence-electron chi connectivity index (χ4n) is 2.27. The number of aryl methyl sites for hydroxylation is 1. The van der Waals surface area contributed by atoms with Gasteiger partial charge in [0.1, 0.15) is 4.91 Å². The van der Waals surface area contributed by atoms with Gasteiger partial charge in [0.05, 0.1) is 12.0 Å². The Morgan fingerprint density at radius 1 is 1.08 bits per heavy atom. The normalized spacial score (nSPS) is 13.4. The zero-order chi connectivity index (χ0) is 18.3. The quantitative estimate of drug-likeness (QED) is 0.336. The first-order valence-corrected chi connectivity index (χ1v) is 7.78. The first-order valence-electron chi connectivity index (χ1n) is 6.96. The lowest BCUT2D eigenvalue weighted by molar-refractivity contribution is -0.135. The topological polar surface area (TPSA) is 35.5 Å². The van der Waals surface area contributed by atoms with E-state index in [1.54, 1.807) is 31.2 Å². The van der Waals surface area contributed by atoms with E-state index in [0.717, 1.165) is 12.7 Å². The zero-order valence-corrected chi connectivity index (χ0v) is 13.8. The lowest BCUT2D eigenvalue weighted by Crippen LogP contribution is -2.15. The van der Waals surface area contributed by atoms with Crippen molar-refractivity contribution in [3.8, 4) is 5.75 Å². The molecule has 2 aromatic rings. The predicted octanol–water partition coefficient (Wildman–Crippen LogP) is 4.58. The van der Waals surface area contributed by atoms with Crippen molar-refractivity contribution in [1.82, 2.24) is 0 Å². The molecule has 0 atom stereocenters. The van der Waals surface area contributed by atoms with Crippen LogP contribution in [0.15, 0.2) is 34.1 Å². The molecule has 0 spiro atoms. The lowest BCUT2D eigenvalue weighted by Gasteiger charge is -2.23. The maximum atomic E-state index is 14.0. The summed E-state index contributed by atoms with van der Waals surface area (Å²) in [4.78, 5) is 11.2. The summed E-state index contributed by atoms with van der Waals surface area (Å²) >= 11 is 0.421. The highest BCUT2D eigenvalue weighted by molar-refractivity contribution is 8.04. The average Bonchev–Trinajstić information content (AvgIpc) is 2.62. The van der Waals surface area contributed by atoms with Crippen molar-refractivity contribution in [3.63, 3.8) is 0 Å². The van der Waals surface area contributed by atoms with Gasteiger partial charge < -0.3 is 9.47 Å². The molecule has 8 heteroatoms. The van der Waals surface area contributed by atoms with Crippen molar-refractivity contribution in [1.29, 1.82) is 0 Å². The second-order valence-electron chi connectivity index (χ2n) is 5.14. The first kappa shape index (κ1) is 17.3. The molecule has 0 N–H and O–H groups in total. The summed E-state index contributed by atoms with van der Waals surface area (Å²) in [6, 6.07) is 6.66. The summed E-state index contributed by atoms with van der Waals surface area (Å²) in [6.45, 7) is 1.78. The summed E-state index contributed by atoms with van der Waals surface area (Å²) in [5, 5.41) is 0. The van der Waals surface area contributed by atoms with E-state index in [2.05, 4.69) is 4.74 Å². The van der Waals surface area contributed by atoms with Crippen molar-refractivity contribution in [3.05, 3.63) is 63.6 Å². The van der Waals surface area contributed by atoms with Gasteiger partial charge >= 0.3 is 5.97 Å². The number of esters is 1. The van der Waals surface area contributed by atoms with Crippen LogP contribution < -0.4 is 4.74 Å². The maximum Gasteiger partial charge on any atom is 0.348 e. The number of rotatable bonds is 2. The van der Waals surface area contributed by atoms with Crippen LogP contribution >= 0.6 is 11.8 Å². The van der Waals surface area contributed by atoms with Crippen LogP contribution in [-0.2, 0) is 9.53 Å². The van der Waals surface area contributed by atoms with Crippen molar-refractivity contribution >= 4 is 23.5 Å². The predicted molar refractivity (Wildman–Crippen MR) is 82.9 cm³/mol. The molecular formula is C17H10F4O3S. The largest absolute Gasteiger partial charge is 0.465 e. The monoisotopic (exact) mass is 370 g/mol. The van der Waals surface area contributed by atoms with Gasteiger partial charge in [-0.1, -0.05) is 35.5 Å². The van der Waals surface area contributed by atoms with Gasteiger partial charge in [0.2, 0.25) is 11.6 Å². The zero-order valence-electron chi connectivity index (χ0n) is 13.0. The molecule has 1 heterocycles. The first-order chi connectivity index (χ1) is 11.8. The third kappa shape index (κ3) is 2.86. The minimum Gasteiger partial charge on any atom is -0.465 e. The summed E-state index contributed by atoms with van der Waals surface area (Å²) in [5.41, 5.74) is 1.19. The molecule has 0 aromatic heterocycles. The lowest BCUT2D eigenvalue weighted by atomic mass is 10.1. The fourth-order valence-corrected chi connectivity index (χ4v) is 3.30. The van der Waals surface area contributed by atoms with Gasteiger partial charge in [-0.2, -0.15) is 4.39 Å². The number of fused-ring (bicyclic) bond motifs is 1. The number of hydrogen-bond acceptors (Lipinski definition) is 4. The maximum absolute atomic E-state index is 14.0. The standard InChI is InChI=1S/C17H10F4O3S/c1-7-4-3-5-8(6-7)13-16(17(22)23-2)25-15-12(21)10(19)9(18)11(20)14(15)24-13/h3-6H,1-2H3. The van der Waals surface area contributed by atoms with E-state index in [1.165, 1.54) is 0 Å². The second kappa shape index (κ2) is 6.44. The van der Waals surface area contributed by atoms with Crippen LogP contribution in [0.2, 0.25) is 0 Å². The summed E-state index contributed by atoms with van der Waals surface area (Å²) in [6.07, 6.45) is 0. The van der Waals surface area contributed by atoms with Crippen LogP contribution in [0.3, 0.4) is 0 Å². The van der Waals surface area contributed by atoms with Crippen molar-refractivity contribution in [2.45, 2.75) is 11.8 Å². The average molecular weight is 370 g/mol. The molecule has 1 aliphatic rings. The van der Waals surface area contributed by atoms with E-state index < -0.39 is 39.9 Å². The molecule has 0 saturated heterocycles. The third-order valence-electron chi connectivity index (χ3n) is 3.45. The molecule has 0 amide bonds. The Morgan fingerprint density at radius 3 is 2.40 bits per heavy atom. The number of thioether (sulfide) groups is 1. The van der Waals surface area contributed by atoms with E-state index in [4.69, 9.17) is 4.74 Å². The van der Waals surface area contributed by atoms with Crippen molar-refractivity contribution in [2.75, 3.05) is 7.11 Å². The minimum atomic E-state index is -1.98. The van der Waals surface area contributed by atoms with Gasteiger partial charge in [-0.3, -0.25) is 0 Å². The van der Waals surface area contributed by atoms with Crippen molar-refractivity contribution < 1.29 is 31.8 Å². The summed E-state index contributed by atoms with van der Waals surface area (Å²) < 4.78 is 64.9. The molecular weight excluding hydrogens is 360 g/mol. The van der Waals surface area contributed by atoms with E-state index in [-0.39, 0.29) is 10.7 Å². The van der Waals surface area contributed by atoms with Gasteiger partial charge in [0.15, 0.2) is 23.1 Å². The van der Waals surface area contributed by atoms with Gasteiger partial charge in [-0.05, 0) is 13.0 Å². The second-order valence-corrected chi connectivity index (χ2v) is 6.16. The van der Waals surface area contributed by atoms with E-state index in [9.17, 15) is 22.4 Å². The highest BCUT2D eigenvalue weighted by atomic mass is 32.2. The minimum absolute atomic E-state index is 0.127. The molecule has 0 bridgehead atoms.